The molecule has 2 heterocycles. The van der Waals surface area contributed by atoms with Crippen LogP contribution in [-0.2, 0) is 4.74 Å². The van der Waals surface area contributed by atoms with Gasteiger partial charge in [-0.05, 0) is 31.2 Å². The molecule has 0 fully saturated rings. The van der Waals surface area contributed by atoms with Gasteiger partial charge >= 0.3 is 5.97 Å². The fourth-order valence-electron chi connectivity index (χ4n) is 3.63. The Morgan fingerprint density at radius 1 is 0.912 bits per heavy atom. The largest absolute Gasteiger partial charge is 0.462 e. The molecule has 0 atom stereocenters. The molecule has 0 unspecified atom stereocenters. The Kier molecular flexibility index (Phi) is 6.25. The Balaban J connectivity index is 1.70. The SMILES string of the molecule is CCOC(=O)c1sc(-c2cn(-c3ccccc3)nc2-c2ccccc2)nc1-c1ccc(Cl)cc1. The molecule has 0 radical (unpaired) electrons. The van der Waals surface area contributed by atoms with Crippen LogP contribution in [-0.4, -0.2) is 27.3 Å². The number of thiazole rings is 1. The number of rotatable bonds is 6. The number of hydrogen-bond donors (Lipinski definition) is 0. The highest BCUT2D eigenvalue weighted by molar-refractivity contribution is 7.17. The van der Waals surface area contributed by atoms with Crippen LogP contribution < -0.4 is 0 Å². The Morgan fingerprint density at radius 3 is 2.24 bits per heavy atom. The van der Waals surface area contributed by atoms with E-state index in [-0.39, 0.29) is 6.61 Å². The summed E-state index contributed by atoms with van der Waals surface area (Å²) in [5.41, 5.74) is 4.90. The van der Waals surface area contributed by atoms with Crippen molar-refractivity contribution >= 4 is 28.9 Å². The molecule has 168 valence electrons. The normalized spacial score (nSPS) is 10.9. The molecule has 3 aromatic carbocycles. The molecule has 5 aromatic rings. The van der Waals surface area contributed by atoms with E-state index in [0.29, 0.717) is 20.6 Å². The van der Waals surface area contributed by atoms with Crippen LogP contribution in [0.1, 0.15) is 16.6 Å². The first-order valence-electron chi connectivity index (χ1n) is 10.8. The maximum absolute atomic E-state index is 12.8. The van der Waals surface area contributed by atoms with E-state index in [2.05, 4.69) is 0 Å². The number of ether oxygens (including phenoxy) is 1. The molecule has 0 saturated heterocycles. The minimum atomic E-state index is -0.395. The van der Waals surface area contributed by atoms with Gasteiger partial charge in [0.1, 0.15) is 15.6 Å². The van der Waals surface area contributed by atoms with Crippen molar-refractivity contribution in [2.75, 3.05) is 6.61 Å². The second kappa shape index (κ2) is 9.63. The lowest BCUT2D eigenvalue weighted by atomic mass is 10.1. The molecule has 0 bridgehead atoms. The van der Waals surface area contributed by atoms with E-state index in [1.165, 1.54) is 11.3 Å². The number of para-hydroxylation sites is 1. The highest BCUT2D eigenvalue weighted by Gasteiger charge is 2.24. The Morgan fingerprint density at radius 2 is 1.56 bits per heavy atom. The Labute approximate surface area is 206 Å². The zero-order chi connectivity index (χ0) is 23.5. The van der Waals surface area contributed by atoms with Gasteiger partial charge in [0.25, 0.3) is 0 Å². The monoisotopic (exact) mass is 485 g/mol. The van der Waals surface area contributed by atoms with Crippen LogP contribution in [0.3, 0.4) is 0 Å². The van der Waals surface area contributed by atoms with E-state index in [0.717, 1.165) is 28.1 Å². The van der Waals surface area contributed by atoms with Crippen molar-refractivity contribution in [1.82, 2.24) is 14.8 Å². The number of benzene rings is 3. The molecular formula is C27H20ClN3O2S. The smallest absolute Gasteiger partial charge is 0.350 e. The van der Waals surface area contributed by atoms with Gasteiger partial charge in [0.05, 0.1) is 23.6 Å². The fourth-order valence-corrected chi connectivity index (χ4v) is 4.74. The second-order valence-corrected chi connectivity index (χ2v) is 8.90. The minimum Gasteiger partial charge on any atom is -0.462 e. The van der Waals surface area contributed by atoms with Crippen LogP contribution in [0.2, 0.25) is 5.02 Å². The van der Waals surface area contributed by atoms with E-state index in [9.17, 15) is 4.79 Å². The summed E-state index contributed by atoms with van der Waals surface area (Å²) in [5, 5.41) is 6.19. The summed E-state index contributed by atoms with van der Waals surface area (Å²) in [6.07, 6.45) is 1.96. The van der Waals surface area contributed by atoms with Gasteiger partial charge in [0.15, 0.2) is 0 Å². The van der Waals surface area contributed by atoms with Crippen LogP contribution in [0.25, 0.3) is 38.8 Å². The van der Waals surface area contributed by atoms with Gasteiger partial charge in [-0.1, -0.05) is 72.3 Å². The molecule has 0 N–H and O–H groups in total. The van der Waals surface area contributed by atoms with Crippen LogP contribution in [0.15, 0.2) is 91.1 Å². The van der Waals surface area contributed by atoms with Crippen molar-refractivity contribution in [3.05, 3.63) is 101 Å². The summed E-state index contributed by atoms with van der Waals surface area (Å²) in [5.74, 6) is -0.395. The first-order chi connectivity index (χ1) is 16.6. The number of carbonyl (C=O) groups excluding carboxylic acids is 1. The van der Waals surface area contributed by atoms with Gasteiger partial charge in [0, 0.05) is 22.3 Å². The quantitative estimate of drug-likeness (QED) is 0.239. The maximum atomic E-state index is 12.8. The molecular weight excluding hydrogens is 466 g/mol. The number of hydrogen-bond acceptors (Lipinski definition) is 5. The van der Waals surface area contributed by atoms with Crippen LogP contribution in [0.5, 0.6) is 0 Å². The molecule has 5 nitrogen and oxygen atoms in total. The molecule has 0 amide bonds. The second-order valence-electron chi connectivity index (χ2n) is 7.46. The highest BCUT2D eigenvalue weighted by atomic mass is 35.5. The van der Waals surface area contributed by atoms with Gasteiger partial charge < -0.3 is 4.74 Å². The summed E-state index contributed by atoms with van der Waals surface area (Å²) in [7, 11) is 0. The Hall–Kier alpha value is -3.74. The van der Waals surface area contributed by atoms with Crippen LogP contribution in [0.4, 0.5) is 0 Å². The third-order valence-corrected chi connectivity index (χ3v) is 6.54. The highest BCUT2D eigenvalue weighted by Crippen LogP contribution is 2.39. The molecule has 34 heavy (non-hydrogen) atoms. The average Bonchev–Trinajstić information content (AvgIpc) is 3.51. The van der Waals surface area contributed by atoms with Crippen molar-refractivity contribution in [2.45, 2.75) is 6.92 Å². The van der Waals surface area contributed by atoms with Crippen LogP contribution >= 0.6 is 22.9 Å². The molecule has 2 aromatic heterocycles. The molecule has 5 rings (SSSR count). The summed E-state index contributed by atoms with van der Waals surface area (Å²) in [4.78, 5) is 18.2. The van der Waals surface area contributed by atoms with E-state index >= 15 is 0 Å². The molecule has 0 spiro atoms. The van der Waals surface area contributed by atoms with Crippen molar-refractivity contribution in [1.29, 1.82) is 0 Å². The Bertz CT molecular complexity index is 1430. The predicted molar refractivity (Wildman–Crippen MR) is 137 cm³/mol. The summed E-state index contributed by atoms with van der Waals surface area (Å²) in [6, 6.07) is 27.1. The van der Waals surface area contributed by atoms with Crippen molar-refractivity contribution in [2.24, 2.45) is 0 Å². The molecule has 0 saturated carbocycles. The zero-order valence-corrected chi connectivity index (χ0v) is 19.9. The third kappa shape index (κ3) is 4.38. The number of nitrogens with zero attached hydrogens (tertiary/aromatic N) is 3. The molecule has 0 aliphatic carbocycles. The summed E-state index contributed by atoms with van der Waals surface area (Å²) in [6.45, 7) is 2.08. The van der Waals surface area contributed by atoms with E-state index in [1.54, 1.807) is 19.1 Å². The lowest BCUT2D eigenvalue weighted by Crippen LogP contribution is -2.03. The van der Waals surface area contributed by atoms with Crippen molar-refractivity contribution in [3.8, 4) is 38.8 Å². The van der Waals surface area contributed by atoms with Crippen molar-refractivity contribution < 1.29 is 9.53 Å². The molecule has 0 aliphatic rings. The van der Waals surface area contributed by atoms with Gasteiger partial charge in [-0.3, -0.25) is 0 Å². The number of carbonyl (C=O) groups is 1. The fraction of sp³-hybridized carbons (Fsp3) is 0.0741. The van der Waals surface area contributed by atoms with Gasteiger partial charge in [0.2, 0.25) is 0 Å². The van der Waals surface area contributed by atoms with Gasteiger partial charge in [-0.2, -0.15) is 5.10 Å². The third-order valence-electron chi connectivity index (χ3n) is 5.22. The van der Waals surface area contributed by atoms with Crippen LogP contribution in [0, 0.1) is 0 Å². The zero-order valence-electron chi connectivity index (χ0n) is 18.3. The lowest BCUT2D eigenvalue weighted by Gasteiger charge is -2.02. The minimum absolute atomic E-state index is 0.285. The summed E-state index contributed by atoms with van der Waals surface area (Å²) >= 11 is 7.39. The van der Waals surface area contributed by atoms with Gasteiger partial charge in [-0.15, -0.1) is 11.3 Å². The van der Waals surface area contributed by atoms with Gasteiger partial charge in [-0.25, -0.2) is 14.5 Å². The van der Waals surface area contributed by atoms with E-state index < -0.39 is 5.97 Å². The molecule has 0 aliphatic heterocycles. The number of aromatic nitrogens is 3. The summed E-state index contributed by atoms with van der Waals surface area (Å²) < 4.78 is 7.18. The van der Waals surface area contributed by atoms with E-state index in [4.69, 9.17) is 26.4 Å². The topological polar surface area (TPSA) is 57.0 Å². The van der Waals surface area contributed by atoms with Crippen molar-refractivity contribution in [3.63, 3.8) is 0 Å². The standard InChI is InChI=1S/C27H20ClN3O2S/c1-2-33-27(32)25-24(19-13-15-20(28)16-14-19)29-26(34-25)22-17-31(21-11-7-4-8-12-21)30-23(22)18-9-5-3-6-10-18/h3-17H,2H2,1H3. The maximum Gasteiger partial charge on any atom is 0.350 e. The lowest BCUT2D eigenvalue weighted by molar-refractivity contribution is 0.0532. The first-order valence-corrected chi connectivity index (χ1v) is 12.0. The average molecular weight is 486 g/mol. The number of esters is 1. The number of halogens is 1. The first kappa shape index (κ1) is 22.1. The van der Waals surface area contributed by atoms with E-state index in [1.807, 2.05) is 83.7 Å². The molecule has 7 heteroatoms. The predicted octanol–water partition coefficient (Wildman–Crippen LogP) is 7.16.